The van der Waals surface area contributed by atoms with Crippen LogP contribution in [0.2, 0.25) is 0 Å². The van der Waals surface area contributed by atoms with Gasteiger partial charge in [0.25, 0.3) is 11.8 Å². The van der Waals surface area contributed by atoms with Gasteiger partial charge < -0.3 is 41.2 Å². The Morgan fingerprint density at radius 3 is 2.53 bits per heavy atom. The molecule has 1 aromatic carbocycles. The zero-order chi connectivity index (χ0) is 31.9. The summed E-state index contributed by atoms with van der Waals surface area (Å²) < 4.78 is 10.8. The summed E-state index contributed by atoms with van der Waals surface area (Å²) in [4.78, 5) is 41.5. The van der Waals surface area contributed by atoms with Crippen LogP contribution in [0.15, 0.2) is 41.2 Å². The molecule has 0 unspecified atom stereocenters. The van der Waals surface area contributed by atoms with Gasteiger partial charge in [-0.05, 0) is 45.7 Å². The number of hydrogen-bond acceptors (Lipinski definition) is 12. The minimum absolute atomic E-state index is 0.198. The Morgan fingerprint density at radius 2 is 1.93 bits per heavy atom. The molecular formula is C26H35N9O8. The number of methoxy groups -OCH3 is 1. The first kappa shape index (κ1) is 32.6. The van der Waals surface area contributed by atoms with Crippen LogP contribution in [0, 0.1) is 11.3 Å². The van der Waals surface area contributed by atoms with Crippen molar-refractivity contribution in [3.63, 3.8) is 0 Å². The van der Waals surface area contributed by atoms with E-state index in [-0.39, 0.29) is 42.0 Å². The summed E-state index contributed by atoms with van der Waals surface area (Å²) in [5, 5.41) is 51.1. The first-order valence-corrected chi connectivity index (χ1v) is 13.1. The fraction of sp³-hybridized carbons (Fsp3) is 0.423. The minimum Gasteiger partial charge on any atom is -0.494 e. The summed E-state index contributed by atoms with van der Waals surface area (Å²) in [5.41, 5.74) is 5.10. The maximum absolute atomic E-state index is 12.4. The van der Waals surface area contributed by atoms with Crippen molar-refractivity contribution < 1.29 is 39.2 Å². The van der Waals surface area contributed by atoms with E-state index in [1.807, 2.05) is 0 Å². The van der Waals surface area contributed by atoms with Crippen molar-refractivity contribution in [3.8, 4) is 17.0 Å². The molecule has 0 aliphatic heterocycles. The number of amidine groups is 1. The van der Waals surface area contributed by atoms with Crippen LogP contribution in [0.5, 0.6) is 5.75 Å². The maximum Gasteiger partial charge on any atom is 0.407 e. The average molecular weight is 602 g/mol. The smallest absolute Gasteiger partial charge is 0.407 e. The van der Waals surface area contributed by atoms with Crippen molar-refractivity contribution in [2.24, 2.45) is 16.6 Å². The number of carbonyl (C=O) groups is 3. The fourth-order valence-corrected chi connectivity index (χ4v) is 3.54. The van der Waals surface area contributed by atoms with Crippen LogP contribution in [0.4, 0.5) is 10.5 Å². The second-order valence-corrected chi connectivity index (χ2v) is 10.4. The number of alkyl carbamates (subject to hydrolysis) is 1. The third-order valence-corrected chi connectivity index (χ3v) is 5.52. The van der Waals surface area contributed by atoms with Gasteiger partial charge in [0.1, 0.15) is 22.8 Å². The second kappa shape index (κ2) is 13.4. The third kappa shape index (κ3) is 10.2. The van der Waals surface area contributed by atoms with Gasteiger partial charge in [0.05, 0.1) is 31.2 Å². The van der Waals surface area contributed by atoms with Crippen molar-refractivity contribution in [2.75, 3.05) is 19.0 Å². The number of nitrogens with zero attached hydrogens (tertiary/aromatic N) is 4. The van der Waals surface area contributed by atoms with Crippen molar-refractivity contribution in [1.82, 2.24) is 25.6 Å². The molecule has 1 aromatic heterocycles. The molecule has 0 radical (unpaired) electrons. The highest BCUT2D eigenvalue weighted by Crippen LogP contribution is 2.36. The zero-order valence-electron chi connectivity index (χ0n) is 24.0. The molecule has 1 heterocycles. The van der Waals surface area contributed by atoms with E-state index in [1.165, 1.54) is 23.4 Å². The number of ether oxygens (including phenoxy) is 2. The van der Waals surface area contributed by atoms with Gasteiger partial charge in [0.15, 0.2) is 5.75 Å². The molecule has 0 saturated heterocycles. The van der Waals surface area contributed by atoms with Crippen LogP contribution in [-0.4, -0.2) is 85.1 Å². The molecule has 1 saturated carbocycles. The van der Waals surface area contributed by atoms with Gasteiger partial charge >= 0.3 is 12.2 Å². The Kier molecular flexibility index (Phi) is 10.2. The number of aromatic nitrogens is 3. The van der Waals surface area contributed by atoms with E-state index >= 15 is 0 Å². The summed E-state index contributed by atoms with van der Waals surface area (Å²) in [6.07, 6.45) is -0.295. The Morgan fingerprint density at radius 1 is 1.23 bits per heavy atom. The molecular weight excluding hydrogens is 566 g/mol. The standard InChI is InChI=1S/C26H35N9O8/c1-25(2,3)43-24(38)29-10-11-35-30-13-18(34-35)15-6-5-7-16(21(15)42-4)31-17(20(28)23(37)33-26(39,40)41)12-19(27)32-22(36)14-8-9-14/h5-7,12-14,28,31,39-41H,8-11H2,1-4H3,(H,29,38)(H,33,37)(H2,27,32,36)/b17-12+,28-20?. The number of nitrogens with one attached hydrogen (secondary N) is 4. The van der Waals surface area contributed by atoms with Crippen molar-refractivity contribution >= 4 is 35.1 Å². The molecule has 3 amide bonds. The molecule has 3 rings (SSSR count). The van der Waals surface area contributed by atoms with E-state index in [9.17, 15) is 14.4 Å². The zero-order valence-corrected chi connectivity index (χ0v) is 24.0. The summed E-state index contributed by atoms with van der Waals surface area (Å²) in [5.74, 6) is -2.19. The summed E-state index contributed by atoms with van der Waals surface area (Å²) >= 11 is 0. The third-order valence-electron chi connectivity index (χ3n) is 5.52. The van der Waals surface area contributed by atoms with E-state index < -0.39 is 35.3 Å². The molecule has 1 fully saturated rings. The maximum atomic E-state index is 12.4. The number of anilines is 1. The molecule has 2 aromatic rings. The highest BCUT2D eigenvalue weighted by molar-refractivity contribution is 6.45. The molecule has 17 heteroatoms. The van der Waals surface area contributed by atoms with Gasteiger partial charge in [-0.25, -0.2) is 4.79 Å². The number of nitrogens with two attached hydrogens (primary N) is 1. The number of carbonyl (C=O) groups excluding carboxylic acids is 3. The monoisotopic (exact) mass is 601 g/mol. The molecule has 1 aliphatic carbocycles. The number of benzene rings is 1. The van der Waals surface area contributed by atoms with Gasteiger partial charge in [0.2, 0.25) is 0 Å². The van der Waals surface area contributed by atoms with Gasteiger partial charge in [-0.2, -0.15) is 20.0 Å². The molecule has 0 bridgehead atoms. The Labute approximate surface area is 246 Å². The van der Waals surface area contributed by atoms with Crippen LogP contribution in [-0.2, 0) is 20.9 Å². The molecule has 1 aliphatic rings. The number of amides is 3. The first-order chi connectivity index (χ1) is 20.1. The number of para-hydroxylation sites is 1. The minimum atomic E-state index is -3.60. The van der Waals surface area contributed by atoms with Gasteiger partial charge in [-0.1, -0.05) is 6.07 Å². The van der Waals surface area contributed by atoms with E-state index in [2.05, 4.69) is 25.8 Å². The lowest BCUT2D eigenvalue weighted by Crippen LogP contribution is -2.51. The van der Waals surface area contributed by atoms with Gasteiger partial charge in [-0.3, -0.25) is 20.3 Å². The average Bonchev–Trinajstić information content (AvgIpc) is 3.64. The SMILES string of the molecule is COc1c(N/C(=C/C(N)=NC(=O)C2CC2)C(=N)C(=O)NC(O)(O)O)cccc1-c1cnn(CCNC(=O)OC(C)(C)C)n1. The topological polar surface area (TPSA) is 259 Å². The highest BCUT2D eigenvalue weighted by Gasteiger charge is 2.30. The quantitative estimate of drug-likeness (QED) is 0.0893. The van der Waals surface area contributed by atoms with Gasteiger partial charge in [0, 0.05) is 24.1 Å². The van der Waals surface area contributed by atoms with Crippen LogP contribution >= 0.6 is 0 Å². The molecule has 17 nitrogen and oxygen atoms in total. The molecule has 232 valence electrons. The van der Waals surface area contributed by atoms with E-state index in [0.29, 0.717) is 24.1 Å². The Bertz CT molecular complexity index is 1430. The predicted molar refractivity (Wildman–Crippen MR) is 153 cm³/mol. The lowest BCUT2D eigenvalue weighted by molar-refractivity contribution is -0.325. The number of aliphatic hydroxyl groups is 3. The van der Waals surface area contributed by atoms with E-state index in [1.54, 1.807) is 39.0 Å². The predicted octanol–water partition coefficient (Wildman–Crippen LogP) is -0.208. The summed E-state index contributed by atoms with van der Waals surface area (Å²) in [6, 6.07) is 4.85. The molecule has 9 N–H and O–H groups in total. The molecule has 43 heavy (non-hydrogen) atoms. The fourth-order valence-electron chi connectivity index (χ4n) is 3.54. The van der Waals surface area contributed by atoms with Crippen LogP contribution in [0.1, 0.15) is 33.6 Å². The van der Waals surface area contributed by atoms with E-state index in [0.717, 1.165) is 6.08 Å². The lowest BCUT2D eigenvalue weighted by Gasteiger charge is -2.19. The summed E-state index contributed by atoms with van der Waals surface area (Å²) in [6.45, 7) is 5.69. The molecule has 0 spiro atoms. The summed E-state index contributed by atoms with van der Waals surface area (Å²) in [7, 11) is 1.38. The Hall–Kier alpha value is -4.87. The van der Waals surface area contributed by atoms with Crippen molar-refractivity contribution in [1.29, 1.82) is 5.41 Å². The molecule has 0 atom stereocenters. The lowest BCUT2D eigenvalue weighted by atomic mass is 10.1. The second-order valence-electron chi connectivity index (χ2n) is 10.4. The van der Waals surface area contributed by atoms with Crippen LogP contribution in [0.25, 0.3) is 11.3 Å². The normalized spacial score (nSPS) is 14.1. The van der Waals surface area contributed by atoms with Crippen LogP contribution in [0.3, 0.4) is 0 Å². The van der Waals surface area contributed by atoms with Crippen LogP contribution < -0.4 is 26.4 Å². The van der Waals surface area contributed by atoms with Crippen molar-refractivity contribution in [2.45, 2.75) is 51.9 Å². The number of aliphatic imine (C=N–C) groups is 1. The first-order valence-electron chi connectivity index (χ1n) is 13.1. The van der Waals surface area contributed by atoms with Gasteiger partial charge in [-0.15, -0.1) is 0 Å². The highest BCUT2D eigenvalue weighted by atomic mass is 16.7. The Balaban J connectivity index is 1.85. The van der Waals surface area contributed by atoms with Crippen molar-refractivity contribution in [3.05, 3.63) is 36.2 Å². The number of hydrogen-bond donors (Lipinski definition) is 8. The number of rotatable bonds is 12. The van der Waals surface area contributed by atoms with E-state index in [4.69, 9.17) is 35.9 Å². The largest absolute Gasteiger partial charge is 0.494 e.